The quantitative estimate of drug-likeness (QED) is 0.867. The van der Waals surface area contributed by atoms with E-state index in [2.05, 4.69) is 0 Å². The molecule has 0 aromatic heterocycles. The fraction of sp³-hybridized carbons (Fsp3) is 0.385. The van der Waals surface area contributed by atoms with Crippen molar-refractivity contribution in [3.8, 4) is 5.75 Å². The average Bonchev–Trinajstić information content (AvgIpc) is 2.46. The monoisotopic (exact) mass is 265 g/mol. The van der Waals surface area contributed by atoms with Gasteiger partial charge in [-0.05, 0) is 18.2 Å². The number of carbonyl (C=O) groups excluding carboxylic acids is 1. The van der Waals surface area contributed by atoms with Gasteiger partial charge >= 0.3 is 5.97 Å². The number of methoxy groups -OCH3 is 1. The minimum atomic E-state index is -1.06. The van der Waals surface area contributed by atoms with Gasteiger partial charge in [0, 0.05) is 12.1 Å². The zero-order chi connectivity index (χ0) is 13.8. The minimum Gasteiger partial charge on any atom is -0.497 e. The van der Waals surface area contributed by atoms with Crippen molar-refractivity contribution in [2.45, 2.75) is 6.04 Å². The van der Waals surface area contributed by atoms with Gasteiger partial charge in [-0.15, -0.1) is 0 Å². The molecular weight excluding hydrogens is 250 g/mol. The van der Waals surface area contributed by atoms with E-state index in [1.165, 1.54) is 12.0 Å². The van der Waals surface area contributed by atoms with Crippen molar-refractivity contribution >= 4 is 11.9 Å². The summed E-state index contributed by atoms with van der Waals surface area (Å²) in [5.74, 6) is -0.823. The lowest BCUT2D eigenvalue weighted by molar-refractivity contribution is -0.147. The van der Waals surface area contributed by atoms with E-state index in [4.69, 9.17) is 14.6 Å². The average molecular weight is 265 g/mol. The van der Waals surface area contributed by atoms with Gasteiger partial charge in [0.15, 0.2) is 6.04 Å². The maximum absolute atomic E-state index is 12.3. The Labute approximate surface area is 110 Å². The highest BCUT2D eigenvalue weighted by molar-refractivity contribution is 5.97. The number of aliphatic carboxylic acids is 1. The van der Waals surface area contributed by atoms with E-state index < -0.39 is 12.0 Å². The highest BCUT2D eigenvalue weighted by Gasteiger charge is 2.33. The largest absolute Gasteiger partial charge is 0.497 e. The van der Waals surface area contributed by atoms with Gasteiger partial charge in [-0.25, -0.2) is 4.79 Å². The summed E-state index contributed by atoms with van der Waals surface area (Å²) >= 11 is 0. The molecule has 19 heavy (non-hydrogen) atoms. The first-order valence-electron chi connectivity index (χ1n) is 5.89. The molecule has 0 spiro atoms. The van der Waals surface area contributed by atoms with Gasteiger partial charge in [0.2, 0.25) is 0 Å². The molecule has 0 saturated carbocycles. The van der Waals surface area contributed by atoms with Gasteiger partial charge in [-0.3, -0.25) is 4.79 Å². The molecule has 1 amide bonds. The molecule has 1 aromatic rings. The number of amides is 1. The molecule has 1 aliphatic rings. The Morgan fingerprint density at radius 3 is 2.95 bits per heavy atom. The third kappa shape index (κ3) is 2.85. The highest BCUT2D eigenvalue weighted by atomic mass is 16.5. The molecule has 0 bridgehead atoms. The van der Waals surface area contributed by atoms with E-state index >= 15 is 0 Å². The van der Waals surface area contributed by atoms with E-state index in [-0.39, 0.29) is 19.1 Å². The summed E-state index contributed by atoms with van der Waals surface area (Å²) < 4.78 is 10.2. The first-order valence-corrected chi connectivity index (χ1v) is 5.89. The molecule has 102 valence electrons. The Hall–Kier alpha value is -2.08. The summed E-state index contributed by atoms with van der Waals surface area (Å²) in [5.41, 5.74) is 0.410. The van der Waals surface area contributed by atoms with E-state index in [9.17, 15) is 9.59 Å². The number of benzene rings is 1. The van der Waals surface area contributed by atoms with Gasteiger partial charge in [0.25, 0.3) is 5.91 Å². The van der Waals surface area contributed by atoms with Gasteiger partial charge in [0.1, 0.15) is 5.75 Å². The van der Waals surface area contributed by atoms with Crippen LogP contribution in [0.3, 0.4) is 0 Å². The Morgan fingerprint density at radius 2 is 2.26 bits per heavy atom. The molecule has 1 atom stereocenters. The molecule has 1 N–H and O–H groups in total. The van der Waals surface area contributed by atoms with Crippen LogP contribution in [0.25, 0.3) is 0 Å². The predicted octanol–water partition coefficient (Wildman–Crippen LogP) is 0.621. The maximum Gasteiger partial charge on any atom is 0.328 e. The molecule has 6 nitrogen and oxygen atoms in total. The number of hydrogen-bond donors (Lipinski definition) is 1. The second-order valence-corrected chi connectivity index (χ2v) is 4.16. The second-order valence-electron chi connectivity index (χ2n) is 4.16. The van der Waals surface area contributed by atoms with Crippen LogP contribution in [0.2, 0.25) is 0 Å². The highest BCUT2D eigenvalue weighted by Crippen LogP contribution is 2.17. The lowest BCUT2D eigenvalue weighted by Crippen LogP contribution is -2.52. The summed E-state index contributed by atoms with van der Waals surface area (Å²) in [5, 5.41) is 9.11. The minimum absolute atomic E-state index is 0.0189. The van der Waals surface area contributed by atoms with Gasteiger partial charge < -0.3 is 19.5 Å². The SMILES string of the molecule is COc1cccc(C(=O)N2CCOC[C@@H]2C(=O)O)c1. The van der Waals surface area contributed by atoms with E-state index in [1.54, 1.807) is 24.3 Å². The number of carboxylic acid groups (broad SMARTS) is 1. The fourth-order valence-electron chi connectivity index (χ4n) is 1.97. The van der Waals surface area contributed by atoms with E-state index in [0.717, 1.165) is 0 Å². The third-order valence-electron chi connectivity index (χ3n) is 2.99. The summed E-state index contributed by atoms with van der Waals surface area (Å²) in [4.78, 5) is 24.8. The molecule has 1 aliphatic heterocycles. The molecule has 0 aliphatic carbocycles. The smallest absolute Gasteiger partial charge is 0.328 e. The summed E-state index contributed by atoms with van der Waals surface area (Å²) in [6.07, 6.45) is 0. The normalized spacial score (nSPS) is 19.0. The zero-order valence-corrected chi connectivity index (χ0v) is 10.5. The van der Waals surface area contributed by atoms with Crippen molar-refractivity contribution in [2.24, 2.45) is 0 Å². The molecule has 0 unspecified atom stereocenters. The molecule has 1 heterocycles. The van der Waals surface area contributed by atoms with Crippen molar-refractivity contribution < 1.29 is 24.2 Å². The van der Waals surface area contributed by atoms with Crippen molar-refractivity contribution in [3.05, 3.63) is 29.8 Å². The van der Waals surface area contributed by atoms with Crippen LogP contribution in [0.4, 0.5) is 0 Å². The summed E-state index contributed by atoms with van der Waals surface area (Å²) in [6.45, 7) is 0.636. The van der Waals surface area contributed by atoms with Gasteiger partial charge in [0.05, 0.1) is 20.3 Å². The van der Waals surface area contributed by atoms with Gasteiger partial charge in [-0.2, -0.15) is 0 Å². The van der Waals surface area contributed by atoms with Crippen molar-refractivity contribution in [1.82, 2.24) is 4.90 Å². The number of hydrogen-bond acceptors (Lipinski definition) is 4. The number of morpholine rings is 1. The van der Waals surface area contributed by atoms with Crippen LogP contribution in [0.15, 0.2) is 24.3 Å². The van der Waals surface area contributed by atoms with Crippen molar-refractivity contribution in [1.29, 1.82) is 0 Å². The third-order valence-corrected chi connectivity index (χ3v) is 2.99. The molecule has 1 fully saturated rings. The second kappa shape index (κ2) is 5.71. The van der Waals surface area contributed by atoms with Crippen LogP contribution in [0.5, 0.6) is 5.75 Å². The number of carboxylic acids is 1. The van der Waals surface area contributed by atoms with Crippen LogP contribution in [0.1, 0.15) is 10.4 Å². The molecule has 1 aromatic carbocycles. The molecule has 1 saturated heterocycles. The zero-order valence-electron chi connectivity index (χ0n) is 10.5. The Morgan fingerprint density at radius 1 is 1.47 bits per heavy atom. The Kier molecular flexibility index (Phi) is 4.01. The van der Waals surface area contributed by atoms with Crippen LogP contribution in [-0.2, 0) is 9.53 Å². The van der Waals surface area contributed by atoms with Crippen LogP contribution < -0.4 is 4.74 Å². The number of nitrogens with zero attached hydrogens (tertiary/aromatic N) is 1. The fourth-order valence-corrected chi connectivity index (χ4v) is 1.97. The first-order chi connectivity index (χ1) is 9.13. The number of carbonyl (C=O) groups is 2. The Bertz CT molecular complexity index is 488. The standard InChI is InChI=1S/C13H15NO5/c1-18-10-4-2-3-9(7-10)12(15)14-5-6-19-8-11(14)13(16)17/h2-4,7,11H,5-6,8H2,1H3,(H,16,17)/t11-/m1/s1. The topological polar surface area (TPSA) is 76.1 Å². The number of ether oxygens (including phenoxy) is 2. The maximum atomic E-state index is 12.3. The van der Waals surface area contributed by atoms with Crippen LogP contribution in [0, 0.1) is 0 Å². The first kappa shape index (κ1) is 13.4. The van der Waals surface area contributed by atoms with Gasteiger partial charge in [-0.1, -0.05) is 6.07 Å². The van der Waals surface area contributed by atoms with Crippen molar-refractivity contribution in [3.63, 3.8) is 0 Å². The predicted molar refractivity (Wildman–Crippen MR) is 66.3 cm³/mol. The summed E-state index contributed by atoms with van der Waals surface area (Å²) in [6, 6.07) is 5.72. The number of rotatable bonds is 3. The molecule has 2 rings (SSSR count). The van der Waals surface area contributed by atoms with Crippen molar-refractivity contribution in [2.75, 3.05) is 26.9 Å². The lowest BCUT2D eigenvalue weighted by Gasteiger charge is -2.32. The molecule has 6 heteroatoms. The Balaban J connectivity index is 2.23. The van der Waals surface area contributed by atoms with Crippen LogP contribution in [-0.4, -0.2) is 54.8 Å². The molecule has 0 radical (unpaired) electrons. The lowest BCUT2D eigenvalue weighted by atomic mass is 10.1. The van der Waals surface area contributed by atoms with Crippen LogP contribution >= 0.6 is 0 Å². The van der Waals surface area contributed by atoms with E-state index in [1.807, 2.05) is 0 Å². The summed E-state index contributed by atoms with van der Waals surface area (Å²) in [7, 11) is 1.51. The van der Waals surface area contributed by atoms with E-state index in [0.29, 0.717) is 17.9 Å². The molecular formula is C13H15NO5.